The van der Waals surface area contributed by atoms with E-state index >= 15 is 0 Å². The largest absolute Gasteiger partial charge is 0.417 e. The molecule has 1 aromatic carbocycles. The topological polar surface area (TPSA) is 118 Å². The number of rotatable bonds is 5. The summed E-state index contributed by atoms with van der Waals surface area (Å²) in [7, 11) is -4.51. The standard InChI is InChI=1S/C17H9BrCl2F3N7O2S/c18-11-6-25-27-15(11)30-7-26-28-16(30)14-13(3-8(19)5-24-14)29-33(31,32)9-1-2-12(20)10(4-9)17(21,22)23/h1-7,29H,(H,25,27). The van der Waals surface area contributed by atoms with Crippen LogP contribution in [0.15, 0.2) is 52.4 Å². The molecule has 3 aromatic heterocycles. The van der Waals surface area contributed by atoms with Crippen LogP contribution in [0.25, 0.3) is 17.3 Å². The summed E-state index contributed by atoms with van der Waals surface area (Å²) in [6, 6.07) is 3.47. The predicted octanol–water partition coefficient (Wildman–Crippen LogP) is 4.94. The quantitative estimate of drug-likeness (QED) is 0.344. The number of anilines is 1. The normalized spacial score (nSPS) is 12.2. The smallest absolute Gasteiger partial charge is 0.282 e. The number of hydrogen-bond donors (Lipinski definition) is 2. The van der Waals surface area contributed by atoms with Gasteiger partial charge in [0.05, 0.1) is 30.7 Å². The van der Waals surface area contributed by atoms with Crippen LogP contribution in [-0.2, 0) is 16.2 Å². The highest BCUT2D eigenvalue weighted by atomic mass is 79.9. The molecule has 0 radical (unpaired) electrons. The molecule has 16 heteroatoms. The first kappa shape index (κ1) is 23.5. The van der Waals surface area contributed by atoms with E-state index in [1.165, 1.54) is 23.2 Å². The first-order chi connectivity index (χ1) is 15.5. The Labute approximate surface area is 202 Å². The maximum absolute atomic E-state index is 13.2. The van der Waals surface area contributed by atoms with Crippen LogP contribution in [0.3, 0.4) is 0 Å². The van der Waals surface area contributed by atoms with Gasteiger partial charge in [0, 0.05) is 12.4 Å². The molecule has 0 spiro atoms. The van der Waals surface area contributed by atoms with Gasteiger partial charge in [0.1, 0.15) is 12.0 Å². The van der Waals surface area contributed by atoms with Crippen molar-refractivity contribution in [2.24, 2.45) is 0 Å². The van der Waals surface area contributed by atoms with Crippen molar-refractivity contribution in [2.75, 3.05) is 4.72 Å². The van der Waals surface area contributed by atoms with E-state index in [1.807, 2.05) is 0 Å². The van der Waals surface area contributed by atoms with Crippen molar-refractivity contribution in [1.29, 1.82) is 0 Å². The maximum atomic E-state index is 13.2. The molecular formula is C17H9BrCl2F3N7O2S. The molecule has 0 unspecified atom stereocenters. The van der Waals surface area contributed by atoms with E-state index in [2.05, 4.69) is 46.0 Å². The average Bonchev–Trinajstić information content (AvgIpc) is 3.35. The lowest BCUT2D eigenvalue weighted by Crippen LogP contribution is -2.16. The van der Waals surface area contributed by atoms with Gasteiger partial charge < -0.3 is 0 Å². The molecule has 0 aliphatic carbocycles. The molecule has 0 saturated heterocycles. The van der Waals surface area contributed by atoms with E-state index < -0.39 is 31.7 Å². The molecule has 0 bridgehead atoms. The second-order valence-electron chi connectivity index (χ2n) is 6.38. The zero-order chi connectivity index (χ0) is 24.0. The van der Waals surface area contributed by atoms with E-state index in [4.69, 9.17) is 23.2 Å². The number of nitrogens with zero attached hydrogens (tertiary/aromatic N) is 5. The Hall–Kier alpha value is -2.68. The summed E-state index contributed by atoms with van der Waals surface area (Å²) in [6.07, 6.45) is -0.730. The highest BCUT2D eigenvalue weighted by Gasteiger charge is 2.34. The fourth-order valence-electron chi connectivity index (χ4n) is 2.78. The van der Waals surface area contributed by atoms with Gasteiger partial charge in [0.15, 0.2) is 11.6 Å². The van der Waals surface area contributed by atoms with E-state index in [0.29, 0.717) is 16.4 Å². The van der Waals surface area contributed by atoms with Crippen LogP contribution in [0.1, 0.15) is 5.56 Å². The molecule has 0 amide bonds. The summed E-state index contributed by atoms with van der Waals surface area (Å²) < 4.78 is 69.7. The summed E-state index contributed by atoms with van der Waals surface area (Å²) in [4.78, 5) is 3.47. The lowest BCUT2D eigenvalue weighted by Gasteiger charge is -2.14. The minimum atomic E-state index is -4.85. The number of H-pyrrole nitrogens is 1. The van der Waals surface area contributed by atoms with Gasteiger partial charge in [-0.3, -0.25) is 14.4 Å². The summed E-state index contributed by atoms with van der Waals surface area (Å²) in [6.45, 7) is 0. The minimum Gasteiger partial charge on any atom is -0.282 e. The molecular weight excluding hydrogens is 574 g/mol. The zero-order valence-electron chi connectivity index (χ0n) is 15.8. The van der Waals surface area contributed by atoms with E-state index in [0.717, 1.165) is 12.1 Å². The van der Waals surface area contributed by atoms with Crippen LogP contribution in [0, 0.1) is 0 Å². The number of pyridine rings is 1. The van der Waals surface area contributed by atoms with Crippen molar-refractivity contribution < 1.29 is 21.6 Å². The second kappa shape index (κ2) is 8.59. The van der Waals surface area contributed by atoms with Gasteiger partial charge in [-0.1, -0.05) is 23.2 Å². The highest BCUT2D eigenvalue weighted by molar-refractivity contribution is 9.10. The van der Waals surface area contributed by atoms with Crippen LogP contribution >= 0.6 is 39.1 Å². The summed E-state index contributed by atoms with van der Waals surface area (Å²) in [5, 5.41) is 13.9. The number of aromatic amines is 1. The molecule has 4 rings (SSSR count). The fraction of sp³-hybridized carbons (Fsp3) is 0.0588. The Morgan fingerprint density at radius 2 is 1.94 bits per heavy atom. The molecule has 172 valence electrons. The third kappa shape index (κ3) is 4.69. The lowest BCUT2D eigenvalue weighted by atomic mass is 10.2. The van der Waals surface area contributed by atoms with Crippen molar-refractivity contribution in [3.05, 3.63) is 63.1 Å². The molecule has 0 fully saturated rings. The first-order valence-corrected chi connectivity index (χ1v) is 11.7. The molecule has 4 aromatic rings. The number of hydrogen-bond acceptors (Lipinski definition) is 6. The highest BCUT2D eigenvalue weighted by Crippen LogP contribution is 2.37. The number of sulfonamides is 1. The van der Waals surface area contributed by atoms with Crippen LogP contribution in [-0.4, -0.2) is 38.4 Å². The van der Waals surface area contributed by atoms with Crippen LogP contribution in [0.2, 0.25) is 10.0 Å². The van der Waals surface area contributed by atoms with Crippen LogP contribution in [0.5, 0.6) is 0 Å². The molecule has 0 aliphatic rings. The van der Waals surface area contributed by atoms with Gasteiger partial charge >= 0.3 is 6.18 Å². The van der Waals surface area contributed by atoms with Gasteiger partial charge in [0.25, 0.3) is 10.0 Å². The van der Waals surface area contributed by atoms with Gasteiger partial charge in [-0.15, -0.1) is 10.2 Å². The van der Waals surface area contributed by atoms with Gasteiger partial charge in [-0.25, -0.2) is 13.4 Å². The monoisotopic (exact) mass is 581 g/mol. The SMILES string of the molecule is O=S(=O)(Nc1cc(Cl)cnc1-c1nncn1-c1n[nH]cc1Br)c1ccc(Cl)c(C(F)(F)F)c1. The van der Waals surface area contributed by atoms with E-state index in [1.54, 1.807) is 6.20 Å². The number of aromatic nitrogens is 6. The molecule has 3 heterocycles. The third-order valence-electron chi connectivity index (χ3n) is 4.22. The van der Waals surface area contributed by atoms with Crippen molar-refractivity contribution in [1.82, 2.24) is 29.9 Å². The molecule has 0 saturated carbocycles. The van der Waals surface area contributed by atoms with E-state index in [9.17, 15) is 21.6 Å². The first-order valence-electron chi connectivity index (χ1n) is 8.62. The average molecular weight is 583 g/mol. The molecule has 33 heavy (non-hydrogen) atoms. The van der Waals surface area contributed by atoms with Crippen molar-refractivity contribution in [3.8, 4) is 17.3 Å². The Morgan fingerprint density at radius 1 is 1.18 bits per heavy atom. The van der Waals surface area contributed by atoms with Gasteiger partial charge in [0.2, 0.25) is 0 Å². The summed E-state index contributed by atoms with van der Waals surface area (Å²) >= 11 is 14.9. The van der Waals surface area contributed by atoms with Crippen molar-refractivity contribution >= 4 is 54.8 Å². The Kier molecular flexibility index (Phi) is 6.11. The van der Waals surface area contributed by atoms with Gasteiger partial charge in [-0.05, 0) is 40.2 Å². The number of benzene rings is 1. The number of halogens is 6. The fourth-order valence-corrected chi connectivity index (χ4v) is 4.62. The third-order valence-corrected chi connectivity index (χ3v) is 6.70. The zero-order valence-corrected chi connectivity index (χ0v) is 19.7. The second-order valence-corrected chi connectivity index (χ2v) is 9.76. The number of alkyl halides is 3. The molecule has 0 atom stereocenters. The molecule has 9 nitrogen and oxygen atoms in total. The molecule has 0 aliphatic heterocycles. The summed E-state index contributed by atoms with van der Waals surface area (Å²) in [5.41, 5.74) is -1.44. The van der Waals surface area contributed by atoms with E-state index in [-0.39, 0.29) is 22.2 Å². The van der Waals surface area contributed by atoms with Crippen molar-refractivity contribution in [3.63, 3.8) is 0 Å². The Balaban J connectivity index is 1.80. The summed E-state index contributed by atoms with van der Waals surface area (Å²) in [5.74, 6) is 0.442. The Bertz CT molecular complexity index is 1460. The number of nitrogens with one attached hydrogen (secondary N) is 2. The maximum Gasteiger partial charge on any atom is 0.417 e. The van der Waals surface area contributed by atoms with Gasteiger partial charge in [-0.2, -0.15) is 18.3 Å². The molecule has 2 N–H and O–H groups in total. The lowest BCUT2D eigenvalue weighted by molar-refractivity contribution is -0.137. The van der Waals surface area contributed by atoms with Crippen molar-refractivity contribution in [2.45, 2.75) is 11.1 Å². The Morgan fingerprint density at radius 3 is 2.61 bits per heavy atom. The van der Waals surface area contributed by atoms with Crippen LogP contribution in [0.4, 0.5) is 18.9 Å². The minimum absolute atomic E-state index is 0.000355. The predicted molar refractivity (Wildman–Crippen MR) is 117 cm³/mol. The van der Waals surface area contributed by atoms with Crippen LogP contribution < -0.4 is 4.72 Å².